The lowest BCUT2D eigenvalue weighted by Crippen LogP contribution is -2.28. The van der Waals surface area contributed by atoms with Crippen LogP contribution in [0.4, 0.5) is 5.13 Å². The molecule has 2 N–H and O–H groups in total. The number of hydrogen-bond donors (Lipinski definition) is 2. The van der Waals surface area contributed by atoms with Crippen LogP contribution in [0.5, 0.6) is 0 Å². The number of aromatic nitrogens is 2. The molecule has 0 aliphatic rings. The highest BCUT2D eigenvalue weighted by atomic mass is 32.1. The molecule has 0 fully saturated rings. The third-order valence-electron chi connectivity index (χ3n) is 3.57. The molecule has 2 amide bonds. The molecule has 0 saturated heterocycles. The van der Waals surface area contributed by atoms with Gasteiger partial charge in [0.2, 0.25) is 16.9 Å². The van der Waals surface area contributed by atoms with E-state index in [0.29, 0.717) is 11.6 Å². The fourth-order valence-electron chi connectivity index (χ4n) is 2.31. The molecular formula is C19H18N4O2S. The molecule has 7 heteroatoms. The standard InChI is InChI=1S/C19H18N4O2S/c24-16(11-12-20-17(25)13-14-7-3-1-4-8-14)21-19-23-22-18(26-19)15-9-5-2-6-10-15/h1-10H,11-13H2,(H,20,25)(H,21,23,24). The quantitative estimate of drug-likeness (QED) is 0.673. The normalized spacial score (nSPS) is 10.3. The van der Waals surface area contributed by atoms with Crippen LogP contribution in [0.15, 0.2) is 60.7 Å². The summed E-state index contributed by atoms with van der Waals surface area (Å²) in [6.07, 6.45) is 0.486. The molecule has 0 atom stereocenters. The Morgan fingerprint density at radius 3 is 2.31 bits per heavy atom. The van der Waals surface area contributed by atoms with E-state index in [-0.39, 0.29) is 24.8 Å². The Morgan fingerprint density at radius 1 is 0.885 bits per heavy atom. The predicted octanol–water partition coefficient (Wildman–Crippen LogP) is 2.89. The average molecular weight is 366 g/mol. The smallest absolute Gasteiger partial charge is 0.227 e. The molecule has 0 bridgehead atoms. The molecule has 132 valence electrons. The van der Waals surface area contributed by atoms with E-state index < -0.39 is 0 Å². The average Bonchev–Trinajstić information content (AvgIpc) is 3.11. The number of anilines is 1. The zero-order valence-electron chi connectivity index (χ0n) is 14.0. The minimum Gasteiger partial charge on any atom is -0.355 e. The molecule has 1 heterocycles. The van der Waals surface area contributed by atoms with Gasteiger partial charge in [-0.3, -0.25) is 9.59 Å². The van der Waals surface area contributed by atoms with E-state index in [1.54, 1.807) is 0 Å². The van der Waals surface area contributed by atoms with Crippen LogP contribution in [0.2, 0.25) is 0 Å². The van der Waals surface area contributed by atoms with Gasteiger partial charge in [0.05, 0.1) is 6.42 Å². The zero-order chi connectivity index (χ0) is 18.2. The first-order chi connectivity index (χ1) is 12.7. The first-order valence-corrected chi connectivity index (χ1v) is 9.02. The highest BCUT2D eigenvalue weighted by Crippen LogP contribution is 2.25. The van der Waals surface area contributed by atoms with Crippen molar-refractivity contribution >= 4 is 28.3 Å². The van der Waals surface area contributed by atoms with E-state index in [9.17, 15) is 9.59 Å². The molecule has 0 unspecified atom stereocenters. The molecular weight excluding hydrogens is 348 g/mol. The van der Waals surface area contributed by atoms with Crippen molar-refractivity contribution in [2.24, 2.45) is 0 Å². The minimum absolute atomic E-state index is 0.105. The van der Waals surface area contributed by atoms with Crippen molar-refractivity contribution in [3.63, 3.8) is 0 Å². The molecule has 1 aromatic heterocycles. The fraction of sp³-hybridized carbons (Fsp3) is 0.158. The Morgan fingerprint density at radius 2 is 1.58 bits per heavy atom. The van der Waals surface area contributed by atoms with Gasteiger partial charge in [0.1, 0.15) is 5.01 Å². The van der Waals surface area contributed by atoms with Crippen molar-refractivity contribution < 1.29 is 9.59 Å². The van der Waals surface area contributed by atoms with Crippen molar-refractivity contribution in [2.45, 2.75) is 12.8 Å². The van der Waals surface area contributed by atoms with Gasteiger partial charge >= 0.3 is 0 Å². The van der Waals surface area contributed by atoms with Crippen molar-refractivity contribution in [1.82, 2.24) is 15.5 Å². The summed E-state index contributed by atoms with van der Waals surface area (Å²) in [6, 6.07) is 19.1. The Kier molecular flexibility index (Phi) is 6.05. The first kappa shape index (κ1) is 17.8. The molecule has 0 radical (unpaired) electrons. The SMILES string of the molecule is O=C(Cc1ccccc1)NCCC(=O)Nc1nnc(-c2ccccc2)s1. The highest BCUT2D eigenvalue weighted by Gasteiger charge is 2.10. The second-order valence-corrected chi connectivity index (χ2v) is 6.57. The molecule has 2 aromatic carbocycles. The van der Waals surface area contributed by atoms with E-state index >= 15 is 0 Å². The Hall–Kier alpha value is -3.06. The van der Waals surface area contributed by atoms with E-state index in [2.05, 4.69) is 20.8 Å². The van der Waals surface area contributed by atoms with Gasteiger partial charge in [-0.25, -0.2) is 0 Å². The molecule has 0 spiro atoms. The number of hydrogen-bond acceptors (Lipinski definition) is 5. The van der Waals surface area contributed by atoms with E-state index in [1.807, 2.05) is 60.7 Å². The van der Waals surface area contributed by atoms with Gasteiger partial charge in [0.25, 0.3) is 0 Å². The highest BCUT2D eigenvalue weighted by molar-refractivity contribution is 7.18. The number of amides is 2. The van der Waals surface area contributed by atoms with E-state index in [4.69, 9.17) is 0 Å². The largest absolute Gasteiger partial charge is 0.355 e. The second-order valence-electron chi connectivity index (χ2n) is 5.59. The minimum atomic E-state index is -0.208. The van der Waals surface area contributed by atoms with Crippen LogP contribution in [0.25, 0.3) is 10.6 Å². The van der Waals surface area contributed by atoms with Gasteiger partial charge in [-0.05, 0) is 5.56 Å². The summed E-state index contributed by atoms with van der Waals surface area (Å²) in [4.78, 5) is 23.8. The van der Waals surface area contributed by atoms with Crippen LogP contribution in [0, 0.1) is 0 Å². The summed E-state index contributed by atoms with van der Waals surface area (Å²) in [7, 11) is 0. The number of nitrogens with one attached hydrogen (secondary N) is 2. The van der Waals surface area contributed by atoms with Crippen LogP contribution in [0.3, 0.4) is 0 Å². The predicted molar refractivity (Wildman–Crippen MR) is 102 cm³/mol. The van der Waals surface area contributed by atoms with Gasteiger partial charge in [-0.2, -0.15) is 0 Å². The van der Waals surface area contributed by atoms with Gasteiger partial charge in [-0.15, -0.1) is 10.2 Å². The fourth-order valence-corrected chi connectivity index (χ4v) is 3.08. The molecule has 0 aliphatic carbocycles. The maximum Gasteiger partial charge on any atom is 0.227 e. The van der Waals surface area contributed by atoms with Gasteiger partial charge in [-0.1, -0.05) is 72.0 Å². The lowest BCUT2D eigenvalue weighted by molar-refractivity contribution is -0.120. The monoisotopic (exact) mass is 366 g/mol. The third-order valence-corrected chi connectivity index (χ3v) is 4.46. The lowest BCUT2D eigenvalue weighted by atomic mass is 10.1. The Balaban J connectivity index is 1.42. The van der Waals surface area contributed by atoms with E-state index in [1.165, 1.54) is 11.3 Å². The van der Waals surface area contributed by atoms with Gasteiger partial charge in [0.15, 0.2) is 0 Å². The summed E-state index contributed by atoms with van der Waals surface area (Å²) in [5.74, 6) is -0.313. The summed E-state index contributed by atoms with van der Waals surface area (Å²) in [5, 5.41) is 14.7. The van der Waals surface area contributed by atoms with Gasteiger partial charge < -0.3 is 10.6 Å². The van der Waals surface area contributed by atoms with Crippen molar-refractivity contribution in [1.29, 1.82) is 0 Å². The molecule has 3 aromatic rings. The summed E-state index contributed by atoms with van der Waals surface area (Å²) in [5.41, 5.74) is 1.90. The molecule has 0 aliphatic heterocycles. The van der Waals surface area contributed by atoms with Gasteiger partial charge in [0, 0.05) is 18.5 Å². The number of rotatable bonds is 7. The molecule has 3 rings (SSSR count). The number of nitrogens with zero attached hydrogens (tertiary/aromatic N) is 2. The van der Waals surface area contributed by atoms with Crippen molar-refractivity contribution in [3.8, 4) is 10.6 Å². The number of carbonyl (C=O) groups excluding carboxylic acids is 2. The van der Waals surface area contributed by atoms with Crippen molar-refractivity contribution in [2.75, 3.05) is 11.9 Å². The summed E-state index contributed by atoms with van der Waals surface area (Å²) >= 11 is 1.31. The first-order valence-electron chi connectivity index (χ1n) is 8.20. The topological polar surface area (TPSA) is 84.0 Å². The van der Waals surface area contributed by atoms with Crippen LogP contribution in [-0.2, 0) is 16.0 Å². The molecule has 6 nitrogen and oxygen atoms in total. The summed E-state index contributed by atoms with van der Waals surface area (Å²) < 4.78 is 0. The number of benzene rings is 2. The van der Waals surface area contributed by atoms with Crippen LogP contribution >= 0.6 is 11.3 Å². The summed E-state index contributed by atoms with van der Waals surface area (Å²) in [6.45, 7) is 0.280. The zero-order valence-corrected chi connectivity index (χ0v) is 14.8. The Bertz CT molecular complexity index is 866. The van der Waals surface area contributed by atoms with Crippen LogP contribution < -0.4 is 10.6 Å². The van der Waals surface area contributed by atoms with Crippen LogP contribution in [-0.4, -0.2) is 28.6 Å². The maximum atomic E-state index is 12.0. The Labute approximate surface area is 155 Å². The molecule has 0 saturated carbocycles. The number of carbonyl (C=O) groups is 2. The van der Waals surface area contributed by atoms with Crippen molar-refractivity contribution in [3.05, 3.63) is 66.2 Å². The maximum absolute atomic E-state index is 12.0. The third kappa shape index (κ3) is 5.22. The molecule has 26 heavy (non-hydrogen) atoms. The van der Waals surface area contributed by atoms with E-state index in [0.717, 1.165) is 16.1 Å². The second kappa shape index (κ2) is 8.87. The van der Waals surface area contributed by atoms with Crippen LogP contribution in [0.1, 0.15) is 12.0 Å². The lowest BCUT2D eigenvalue weighted by Gasteiger charge is -2.05.